The number of hydrogen-bond acceptors (Lipinski definition) is 4. The van der Waals surface area contributed by atoms with Gasteiger partial charge in [0.1, 0.15) is 0 Å². The zero-order valence-corrected chi connectivity index (χ0v) is 14.7. The molecule has 6 heteroatoms. The summed E-state index contributed by atoms with van der Waals surface area (Å²) in [6.45, 7) is 4.17. The quantitative estimate of drug-likeness (QED) is 0.633. The van der Waals surface area contributed by atoms with E-state index in [1.165, 1.54) is 6.08 Å². The first-order chi connectivity index (χ1) is 12.0. The fourth-order valence-electron chi connectivity index (χ4n) is 3.04. The summed E-state index contributed by atoms with van der Waals surface area (Å²) in [5.41, 5.74) is 4.74. The Labute approximate surface area is 146 Å². The first-order valence-corrected chi connectivity index (χ1v) is 8.20. The van der Waals surface area contributed by atoms with Crippen LogP contribution in [0.5, 0.6) is 0 Å². The minimum absolute atomic E-state index is 0.208. The zero-order chi connectivity index (χ0) is 18.0. The minimum Gasteiger partial charge on any atom is -0.452 e. The topological polar surface area (TPSA) is 64.4 Å². The standard InChI is InChI=1S/C19H21N3O3/c1-13-16(14(2)21(3)20-13)8-9-19(24)25-12-18(23)22-11-10-15-6-4-5-7-17(15)22/h4-9H,10-12H2,1-3H3/b9-8+. The van der Waals surface area contributed by atoms with Gasteiger partial charge in [-0.05, 0) is 38.0 Å². The molecule has 6 nitrogen and oxygen atoms in total. The minimum atomic E-state index is -0.538. The Morgan fingerprint density at radius 1 is 1.28 bits per heavy atom. The molecule has 0 atom stereocenters. The number of anilines is 1. The van der Waals surface area contributed by atoms with Crippen molar-refractivity contribution in [1.29, 1.82) is 0 Å². The Balaban J connectivity index is 1.58. The van der Waals surface area contributed by atoms with Crippen LogP contribution in [-0.4, -0.2) is 34.8 Å². The highest BCUT2D eigenvalue weighted by Gasteiger charge is 2.24. The third-order valence-electron chi connectivity index (χ3n) is 4.48. The molecule has 1 aromatic heterocycles. The molecule has 25 heavy (non-hydrogen) atoms. The molecular weight excluding hydrogens is 318 g/mol. The van der Waals surface area contributed by atoms with E-state index in [1.54, 1.807) is 15.7 Å². The summed E-state index contributed by atoms with van der Waals surface area (Å²) >= 11 is 0. The van der Waals surface area contributed by atoms with E-state index in [9.17, 15) is 9.59 Å². The van der Waals surface area contributed by atoms with Gasteiger partial charge in [-0.2, -0.15) is 5.10 Å². The molecule has 3 rings (SSSR count). The monoisotopic (exact) mass is 339 g/mol. The van der Waals surface area contributed by atoms with Gasteiger partial charge in [0.15, 0.2) is 6.61 Å². The molecule has 0 fully saturated rings. The molecule has 2 heterocycles. The number of rotatable bonds is 4. The maximum atomic E-state index is 12.3. The van der Waals surface area contributed by atoms with Crippen LogP contribution in [0.4, 0.5) is 5.69 Å². The normalized spacial score (nSPS) is 13.3. The molecule has 0 N–H and O–H groups in total. The summed E-state index contributed by atoms with van der Waals surface area (Å²) in [6, 6.07) is 7.78. The number of nitrogens with zero attached hydrogens (tertiary/aromatic N) is 3. The molecule has 0 saturated heterocycles. The number of para-hydroxylation sites is 1. The lowest BCUT2D eigenvalue weighted by Crippen LogP contribution is -2.33. The van der Waals surface area contributed by atoms with Crippen LogP contribution in [0.1, 0.15) is 22.5 Å². The smallest absolute Gasteiger partial charge is 0.331 e. The van der Waals surface area contributed by atoms with Crippen molar-refractivity contribution >= 4 is 23.6 Å². The second kappa shape index (κ2) is 6.93. The van der Waals surface area contributed by atoms with Crippen molar-refractivity contribution < 1.29 is 14.3 Å². The molecule has 0 radical (unpaired) electrons. The molecule has 130 valence electrons. The molecule has 0 saturated carbocycles. The fourth-order valence-corrected chi connectivity index (χ4v) is 3.04. The van der Waals surface area contributed by atoms with Crippen LogP contribution in [0, 0.1) is 13.8 Å². The average molecular weight is 339 g/mol. The number of hydrogen-bond donors (Lipinski definition) is 0. The number of benzene rings is 1. The Morgan fingerprint density at radius 3 is 2.76 bits per heavy atom. The average Bonchev–Trinajstić information content (AvgIpc) is 3.13. The number of carbonyl (C=O) groups excluding carboxylic acids is 2. The third-order valence-corrected chi connectivity index (χ3v) is 4.48. The number of esters is 1. The summed E-state index contributed by atoms with van der Waals surface area (Å²) in [5.74, 6) is -0.746. The number of aromatic nitrogens is 2. The Morgan fingerprint density at radius 2 is 2.04 bits per heavy atom. The van der Waals surface area contributed by atoms with Crippen LogP contribution in [0.15, 0.2) is 30.3 Å². The van der Waals surface area contributed by atoms with Crippen molar-refractivity contribution in [3.8, 4) is 0 Å². The summed E-state index contributed by atoms with van der Waals surface area (Å²) < 4.78 is 6.85. The first kappa shape index (κ1) is 17.0. The number of ether oxygens (including phenoxy) is 1. The van der Waals surface area contributed by atoms with Gasteiger partial charge in [0.2, 0.25) is 0 Å². The second-order valence-corrected chi connectivity index (χ2v) is 6.07. The lowest BCUT2D eigenvalue weighted by Gasteiger charge is -2.16. The highest BCUT2D eigenvalue weighted by molar-refractivity contribution is 5.98. The van der Waals surface area contributed by atoms with Gasteiger partial charge in [0, 0.05) is 36.6 Å². The molecule has 1 aliphatic heterocycles. The van der Waals surface area contributed by atoms with Gasteiger partial charge in [-0.25, -0.2) is 4.79 Å². The number of amides is 1. The van der Waals surface area contributed by atoms with E-state index in [2.05, 4.69) is 5.10 Å². The van der Waals surface area contributed by atoms with Gasteiger partial charge in [0.25, 0.3) is 5.91 Å². The van der Waals surface area contributed by atoms with Crippen LogP contribution >= 0.6 is 0 Å². The zero-order valence-electron chi connectivity index (χ0n) is 14.7. The van der Waals surface area contributed by atoms with Gasteiger partial charge >= 0.3 is 5.97 Å². The van der Waals surface area contributed by atoms with E-state index in [0.717, 1.165) is 34.6 Å². The predicted octanol–water partition coefficient (Wildman–Crippen LogP) is 2.18. The predicted molar refractivity (Wildman–Crippen MR) is 95.2 cm³/mol. The molecule has 1 amide bonds. The van der Waals surface area contributed by atoms with Crippen molar-refractivity contribution in [2.45, 2.75) is 20.3 Å². The molecule has 1 aliphatic rings. The van der Waals surface area contributed by atoms with Crippen LogP contribution < -0.4 is 4.90 Å². The van der Waals surface area contributed by atoms with E-state index >= 15 is 0 Å². The maximum Gasteiger partial charge on any atom is 0.331 e. The number of carbonyl (C=O) groups is 2. The van der Waals surface area contributed by atoms with E-state index in [0.29, 0.717) is 6.54 Å². The Bertz CT molecular complexity index is 852. The molecule has 0 bridgehead atoms. The van der Waals surface area contributed by atoms with E-state index in [1.807, 2.05) is 45.2 Å². The van der Waals surface area contributed by atoms with Crippen LogP contribution in [-0.2, 0) is 27.8 Å². The maximum absolute atomic E-state index is 12.3. The van der Waals surface area contributed by atoms with E-state index < -0.39 is 5.97 Å². The molecule has 2 aromatic rings. The molecule has 0 spiro atoms. The molecule has 1 aromatic carbocycles. The molecule has 0 aliphatic carbocycles. The lowest BCUT2D eigenvalue weighted by atomic mass is 10.2. The summed E-state index contributed by atoms with van der Waals surface area (Å²) in [5, 5.41) is 4.29. The summed E-state index contributed by atoms with van der Waals surface area (Å²) in [4.78, 5) is 25.9. The largest absolute Gasteiger partial charge is 0.452 e. The Kier molecular flexibility index (Phi) is 4.70. The molecular formula is C19H21N3O3. The Hall–Kier alpha value is -2.89. The fraction of sp³-hybridized carbons (Fsp3) is 0.316. The van der Waals surface area contributed by atoms with Crippen molar-refractivity contribution in [3.05, 3.63) is 52.9 Å². The lowest BCUT2D eigenvalue weighted by molar-refractivity contribution is -0.142. The first-order valence-electron chi connectivity index (χ1n) is 8.20. The second-order valence-electron chi connectivity index (χ2n) is 6.07. The highest BCUT2D eigenvalue weighted by Crippen LogP contribution is 2.27. The van der Waals surface area contributed by atoms with Crippen LogP contribution in [0.25, 0.3) is 6.08 Å². The number of fused-ring (bicyclic) bond motifs is 1. The van der Waals surface area contributed by atoms with E-state index in [-0.39, 0.29) is 12.5 Å². The summed E-state index contributed by atoms with van der Waals surface area (Å²) in [7, 11) is 1.85. The van der Waals surface area contributed by atoms with Gasteiger partial charge in [-0.3, -0.25) is 9.48 Å². The van der Waals surface area contributed by atoms with Crippen LogP contribution in [0.2, 0.25) is 0 Å². The van der Waals surface area contributed by atoms with E-state index in [4.69, 9.17) is 4.74 Å². The van der Waals surface area contributed by atoms with Gasteiger partial charge < -0.3 is 9.64 Å². The van der Waals surface area contributed by atoms with Crippen molar-refractivity contribution in [1.82, 2.24) is 9.78 Å². The van der Waals surface area contributed by atoms with Gasteiger partial charge in [0.05, 0.1) is 5.69 Å². The van der Waals surface area contributed by atoms with Gasteiger partial charge in [-0.15, -0.1) is 0 Å². The third kappa shape index (κ3) is 3.47. The number of aryl methyl sites for hydroxylation is 2. The van der Waals surface area contributed by atoms with Crippen molar-refractivity contribution in [2.24, 2.45) is 7.05 Å². The highest BCUT2D eigenvalue weighted by atomic mass is 16.5. The van der Waals surface area contributed by atoms with Gasteiger partial charge in [-0.1, -0.05) is 18.2 Å². The van der Waals surface area contributed by atoms with Crippen molar-refractivity contribution in [2.75, 3.05) is 18.1 Å². The van der Waals surface area contributed by atoms with Crippen molar-refractivity contribution in [3.63, 3.8) is 0 Å². The summed E-state index contributed by atoms with van der Waals surface area (Å²) in [6.07, 6.45) is 3.84. The van der Waals surface area contributed by atoms with Crippen LogP contribution in [0.3, 0.4) is 0 Å². The SMILES string of the molecule is Cc1nn(C)c(C)c1/C=C/C(=O)OCC(=O)N1CCc2ccccc21. The molecule has 0 unspecified atom stereocenters.